The minimum absolute atomic E-state index is 0.0152. The fourth-order valence-corrected chi connectivity index (χ4v) is 2.24. The molecule has 0 spiro atoms. The van der Waals surface area contributed by atoms with Crippen molar-refractivity contribution < 1.29 is 9.59 Å². The number of hydrogen-bond acceptors (Lipinski definition) is 4. The zero-order valence-electron chi connectivity index (χ0n) is 11.3. The maximum Gasteiger partial charge on any atom is 0.236 e. The average molecular weight is 286 g/mol. The third kappa shape index (κ3) is 5.52. The number of carbonyl (C=O) groups excluding carboxylic acids is 2. The van der Waals surface area contributed by atoms with Crippen LogP contribution in [0.25, 0.3) is 0 Å². The summed E-state index contributed by atoms with van der Waals surface area (Å²) in [4.78, 5) is 27.2. The van der Waals surface area contributed by atoms with Crippen molar-refractivity contribution in [3.63, 3.8) is 0 Å². The summed E-state index contributed by atoms with van der Waals surface area (Å²) in [5, 5.41) is 0. The molecule has 2 amide bonds. The quantitative estimate of drug-likeness (QED) is 0.631. The van der Waals surface area contributed by atoms with Crippen molar-refractivity contribution in [1.82, 2.24) is 9.80 Å². The van der Waals surface area contributed by atoms with E-state index in [0.717, 1.165) is 19.4 Å². The smallest absolute Gasteiger partial charge is 0.236 e. The predicted octanol–water partition coefficient (Wildman–Crippen LogP) is -0.682. The van der Waals surface area contributed by atoms with Crippen LogP contribution in [0.2, 0.25) is 0 Å². The SMILES string of the molecule is CN(CCC(N)=S)C(=O)CN1CCCC(C(N)=O)C1. The molecule has 1 aliphatic rings. The minimum Gasteiger partial charge on any atom is -0.393 e. The Bertz CT molecular complexity index is 362. The van der Waals surface area contributed by atoms with Crippen molar-refractivity contribution in [3.8, 4) is 0 Å². The molecule has 0 bridgehead atoms. The second kappa shape index (κ2) is 7.40. The lowest BCUT2D eigenvalue weighted by Crippen LogP contribution is -2.46. The molecule has 1 saturated heterocycles. The first kappa shape index (κ1) is 15.8. The fourth-order valence-electron chi connectivity index (χ4n) is 2.15. The van der Waals surface area contributed by atoms with Crippen LogP contribution < -0.4 is 11.5 Å². The molecule has 0 saturated carbocycles. The lowest BCUT2D eigenvalue weighted by atomic mass is 9.97. The number of hydrogen-bond donors (Lipinski definition) is 2. The molecule has 1 rings (SSSR count). The second-order valence-electron chi connectivity index (χ2n) is 5.01. The highest BCUT2D eigenvalue weighted by molar-refractivity contribution is 7.80. The Hall–Kier alpha value is -1.21. The monoisotopic (exact) mass is 286 g/mol. The van der Waals surface area contributed by atoms with Gasteiger partial charge in [-0.1, -0.05) is 12.2 Å². The number of nitrogens with zero attached hydrogens (tertiary/aromatic N) is 2. The van der Waals surface area contributed by atoms with Gasteiger partial charge < -0.3 is 16.4 Å². The first-order chi connectivity index (χ1) is 8.90. The van der Waals surface area contributed by atoms with E-state index in [1.54, 1.807) is 11.9 Å². The number of nitrogens with two attached hydrogens (primary N) is 2. The molecule has 108 valence electrons. The van der Waals surface area contributed by atoms with E-state index >= 15 is 0 Å². The van der Waals surface area contributed by atoms with Gasteiger partial charge in [0.25, 0.3) is 0 Å². The second-order valence-corrected chi connectivity index (χ2v) is 5.53. The summed E-state index contributed by atoms with van der Waals surface area (Å²) in [6.45, 7) is 2.25. The highest BCUT2D eigenvalue weighted by Crippen LogP contribution is 2.15. The van der Waals surface area contributed by atoms with Crippen molar-refractivity contribution in [1.29, 1.82) is 0 Å². The molecule has 1 unspecified atom stereocenters. The molecule has 0 aromatic carbocycles. The topological polar surface area (TPSA) is 92.7 Å². The van der Waals surface area contributed by atoms with Crippen LogP contribution in [0, 0.1) is 5.92 Å². The molecular formula is C12H22N4O2S. The third-order valence-electron chi connectivity index (χ3n) is 3.39. The largest absolute Gasteiger partial charge is 0.393 e. The normalized spacial score (nSPS) is 19.9. The summed E-state index contributed by atoms with van der Waals surface area (Å²) in [7, 11) is 1.73. The lowest BCUT2D eigenvalue weighted by molar-refractivity contribution is -0.132. The molecule has 7 heteroatoms. The Balaban J connectivity index is 2.38. The van der Waals surface area contributed by atoms with E-state index in [9.17, 15) is 9.59 Å². The van der Waals surface area contributed by atoms with Crippen molar-refractivity contribution >= 4 is 29.0 Å². The zero-order valence-corrected chi connectivity index (χ0v) is 12.1. The summed E-state index contributed by atoms with van der Waals surface area (Å²) >= 11 is 4.78. The highest BCUT2D eigenvalue weighted by Gasteiger charge is 2.25. The maximum atomic E-state index is 12.0. The number of amides is 2. The Morgan fingerprint density at radius 3 is 2.68 bits per heavy atom. The van der Waals surface area contributed by atoms with Crippen LogP contribution in [-0.2, 0) is 9.59 Å². The first-order valence-electron chi connectivity index (χ1n) is 6.44. The van der Waals surface area contributed by atoms with Gasteiger partial charge in [0.05, 0.1) is 17.5 Å². The number of thiocarbonyl (C=S) groups is 1. The van der Waals surface area contributed by atoms with Crippen LogP contribution in [0.15, 0.2) is 0 Å². The molecule has 1 heterocycles. The van der Waals surface area contributed by atoms with Gasteiger partial charge in [-0.2, -0.15) is 0 Å². The number of likely N-dealkylation sites (N-methyl/N-ethyl adjacent to an activating group) is 1. The van der Waals surface area contributed by atoms with Gasteiger partial charge in [0.2, 0.25) is 11.8 Å². The predicted molar refractivity (Wildman–Crippen MR) is 77.4 cm³/mol. The zero-order chi connectivity index (χ0) is 14.4. The van der Waals surface area contributed by atoms with Crippen LogP contribution >= 0.6 is 12.2 Å². The summed E-state index contributed by atoms with van der Waals surface area (Å²) in [5.74, 6) is -0.399. The molecule has 19 heavy (non-hydrogen) atoms. The third-order valence-corrected chi connectivity index (χ3v) is 3.59. The number of rotatable bonds is 6. The molecule has 0 aromatic heterocycles. The number of carbonyl (C=O) groups is 2. The standard InChI is InChI=1S/C12H22N4O2S/c1-15(6-4-10(13)19)11(17)8-16-5-2-3-9(7-16)12(14)18/h9H,2-8H2,1H3,(H2,13,19)(H2,14,18). The Morgan fingerprint density at radius 1 is 1.42 bits per heavy atom. The highest BCUT2D eigenvalue weighted by atomic mass is 32.1. The number of likely N-dealkylation sites (tertiary alicyclic amines) is 1. The molecule has 1 atom stereocenters. The van der Waals surface area contributed by atoms with E-state index in [1.165, 1.54) is 0 Å². The average Bonchev–Trinajstić information content (AvgIpc) is 2.36. The van der Waals surface area contributed by atoms with Crippen molar-refractivity contribution in [3.05, 3.63) is 0 Å². The van der Waals surface area contributed by atoms with Crippen molar-refractivity contribution in [2.24, 2.45) is 17.4 Å². The molecule has 4 N–H and O–H groups in total. The van der Waals surface area contributed by atoms with Gasteiger partial charge in [0, 0.05) is 26.6 Å². The van der Waals surface area contributed by atoms with Crippen LogP contribution in [0.1, 0.15) is 19.3 Å². The van der Waals surface area contributed by atoms with Gasteiger partial charge in [-0.25, -0.2) is 0 Å². The molecule has 1 fully saturated rings. The molecule has 0 aliphatic carbocycles. The minimum atomic E-state index is -0.279. The van der Waals surface area contributed by atoms with Gasteiger partial charge >= 0.3 is 0 Å². The van der Waals surface area contributed by atoms with E-state index in [1.807, 2.05) is 4.90 Å². The van der Waals surface area contributed by atoms with E-state index in [0.29, 0.717) is 31.0 Å². The van der Waals surface area contributed by atoms with Gasteiger partial charge in [0.1, 0.15) is 0 Å². The first-order valence-corrected chi connectivity index (χ1v) is 6.85. The Labute approximate surface area is 119 Å². The fraction of sp³-hybridized carbons (Fsp3) is 0.750. The van der Waals surface area contributed by atoms with Gasteiger partial charge in [-0.05, 0) is 19.4 Å². The van der Waals surface area contributed by atoms with Crippen LogP contribution in [0.3, 0.4) is 0 Å². The van der Waals surface area contributed by atoms with E-state index in [-0.39, 0.29) is 17.7 Å². The summed E-state index contributed by atoms with van der Waals surface area (Å²) in [5.41, 5.74) is 10.7. The summed E-state index contributed by atoms with van der Waals surface area (Å²) < 4.78 is 0. The van der Waals surface area contributed by atoms with Crippen molar-refractivity contribution in [2.75, 3.05) is 33.2 Å². The van der Waals surface area contributed by atoms with E-state index in [2.05, 4.69) is 0 Å². The summed E-state index contributed by atoms with van der Waals surface area (Å²) in [6.07, 6.45) is 2.25. The molecule has 6 nitrogen and oxygen atoms in total. The van der Waals surface area contributed by atoms with Crippen LogP contribution in [0.5, 0.6) is 0 Å². The van der Waals surface area contributed by atoms with E-state index in [4.69, 9.17) is 23.7 Å². The van der Waals surface area contributed by atoms with Gasteiger partial charge in [-0.3, -0.25) is 14.5 Å². The maximum absolute atomic E-state index is 12.0. The van der Waals surface area contributed by atoms with Gasteiger partial charge in [0.15, 0.2) is 0 Å². The number of piperidine rings is 1. The lowest BCUT2D eigenvalue weighted by Gasteiger charge is -2.31. The molecule has 1 aliphatic heterocycles. The van der Waals surface area contributed by atoms with Crippen LogP contribution in [-0.4, -0.2) is 59.8 Å². The molecular weight excluding hydrogens is 264 g/mol. The van der Waals surface area contributed by atoms with E-state index < -0.39 is 0 Å². The molecule has 0 radical (unpaired) electrons. The van der Waals surface area contributed by atoms with Gasteiger partial charge in [-0.15, -0.1) is 0 Å². The Kier molecular flexibility index (Phi) is 6.17. The number of primary amides is 1. The van der Waals surface area contributed by atoms with Crippen molar-refractivity contribution in [2.45, 2.75) is 19.3 Å². The molecule has 0 aromatic rings. The summed E-state index contributed by atoms with van der Waals surface area (Å²) in [6, 6.07) is 0. The van der Waals surface area contributed by atoms with Crippen LogP contribution in [0.4, 0.5) is 0 Å². The Morgan fingerprint density at radius 2 is 2.11 bits per heavy atom.